The first-order valence-corrected chi connectivity index (χ1v) is 7.76. The van der Waals surface area contributed by atoms with Crippen LogP contribution in [0.5, 0.6) is 0 Å². The summed E-state index contributed by atoms with van der Waals surface area (Å²) in [6, 6.07) is 8.17. The molecule has 1 fully saturated rings. The lowest BCUT2D eigenvalue weighted by Crippen LogP contribution is -2.23. The predicted octanol–water partition coefficient (Wildman–Crippen LogP) is 5.79. The Bertz CT molecular complexity index is 468. The number of hydrogen-bond donors (Lipinski definition) is 0. The van der Waals surface area contributed by atoms with Crippen molar-refractivity contribution in [3.05, 3.63) is 33.8 Å². The molecule has 102 valence electrons. The molecule has 2 rings (SSSR count). The first-order chi connectivity index (χ1) is 9.15. The Labute approximate surface area is 125 Å². The highest BCUT2D eigenvalue weighted by Gasteiger charge is 2.31. The molecule has 0 unspecified atom stereocenters. The van der Waals surface area contributed by atoms with Crippen molar-refractivity contribution in [2.45, 2.75) is 51.4 Å². The smallest absolute Gasteiger partial charge is 0.0693 e. The Morgan fingerprint density at radius 3 is 2.26 bits per heavy atom. The molecule has 0 saturated heterocycles. The summed E-state index contributed by atoms with van der Waals surface area (Å²) in [6.07, 6.45) is 8.83. The topological polar surface area (TPSA) is 23.8 Å². The first kappa shape index (κ1) is 14.7. The van der Waals surface area contributed by atoms with Gasteiger partial charge in [-0.15, -0.1) is 0 Å². The Kier molecular flexibility index (Phi) is 5.13. The third kappa shape index (κ3) is 3.88. The van der Waals surface area contributed by atoms with E-state index in [9.17, 15) is 5.26 Å². The van der Waals surface area contributed by atoms with E-state index >= 15 is 0 Å². The van der Waals surface area contributed by atoms with Crippen molar-refractivity contribution in [2.75, 3.05) is 0 Å². The SMILES string of the molecule is N#CC1(Cc2ccc(Cl)cc2Cl)CCCCCCC1. The van der Waals surface area contributed by atoms with Gasteiger partial charge in [-0.25, -0.2) is 0 Å². The van der Waals surface area contributed by atoms with Gasteiger partial charge in [-0.3, -0.25) is 0 Å². The highest BCUT2D eigenvalue weighted by atomic mass is 35.5. The first-order valence-electron chi connectivity index (χ1n) is 7.00. The van der Waals surface area contributed by atoms with Crippen LogP contribution in [0.3, 0.4) is 0 Å². The molecule has 1 aliphatic rings. The minimum absolute atomic E-state index is 0.238. The maximum atomic E-state index is 9.65. The Morgan fingerprint density at radius 1 is 1.05 bits per heavy atom. The minimum Gasteiger partial charge on any atom is -0.198 e. The van der Waals surface area contributed by atoms with E-state index in [0.717, 1.165) is 37.7 Å². The van der Waals surface area contributed by atoms with Crippen molar-refractivity contribution in [1.82, 2.24) is 0 Å². The molecule has 0 bridgehead atoms. The van der Waals surface area contributed by atoms with Crippen molar-refractivity contribution in [3.63, 3.8) is 0 Å². The van der Waals surface area contributed by atoms with E-state index in [1.54, 1.807) is 6.07 Å². The number of nitriles is 1. The molecule has 0 N–H and O–H groups in total. The molecule has 1 aromatic rings. The van der Waals surface area contributed by atoms with Crippen LogP contribution in [-0.4, -0.2) is 0 Å². The maximum absolute atomic E-state index is 9.65. The van der Waals surface area contributed by atoms with Crippen molar-refractivity contribution >= 4 is 23.2 Å². The number of rotatable bonds is 2. The summed E-state index contributed by atoms with van der Waals surface area (Å²) in [5.74, 6) is 0. The van der Waals surface area contributed by atoms with Crippen LogP contribution < -0.4 is 0 Å². The van der Waals surface area contributed by atoms with Crippen LogP contribution in [0, 0.1) is 16.7 Å². The molecule has 1 nitrogen and oxygen atoms in total. The second-order valence-corrected chi connectivity index (χ2v) is 6.42. The van der Waals surface area contributed by atoms with Crippen LogP contribution in [0.1, 0.15) is 50.5 Å². The summed E-state index contributed by atoms with van der Waals surface area (Å²) in [4.78, 5) is 0. The molecule has 0 atom stereocenters. The molecule has 0 amide bonds. The summed E-state index contributed by atoms with van der Waals surface area (Å²) in [5, 5.41) is 11.0. The quantitative estimate of drug-likeness (QED) is 0.677. The zero-order valence-electron chi connectivity index (χ0n) is 11.1. The molecular weight excluding hydrogens is 277 g/mol. The van der Waals surface area contributed by atoms with Crippen LogP contribution in [-0.2, 0) is 6.42 Å². The number of halogens is 2. The van der Waals surface area contributed by atoms with Crippen LogP contribution >= 0.6 is 23.2 Å². The van der Waals surface area contributed by atoms with E-state index in [1.807, 2.05) is 12.1 Å². The van der Waals surface area contributed by atoms with E-state index < -0.39 is 0 Å². The monoisotopic (exact) mass is 295 g/mol. The predicted molar refractivity (Wildman–Crippen MR) is 80.5 cm³/mol. The van der Waals surface area contributed by atoms with Crippen LogP contribution in [0.25, 0.3) is 0 Å². The lowest BCUT2D eigenvalue weighted by atomic mass is 9.73. The Morgan fingerprint density at radius 2 is 1.68 bits per heavy atom. The van der Waals surface area contributed by atoms with Gasteiger partial charge in [0.2, 0.25) is 0 Å². The lowest BCUT2D eigenvalue weighted by molar-refractivity contribution is 0.287. The summed E-state index contributed by atoms with van der Waals surface area (Å²) in [7, 11) is 0. The molecule has 1 saturated carbocycles. The third-order valence-electron chi connectivity index (χ3n) is 4.09. The minimum atomic E-state index is -0.238. The summed E-state index contributed by atoms with van der Waals surface area (Å²) >= 11 is 12.2. The largest absolute Gasteiger partial charge is 0.198 e. The lowest BCUT2D eigenvalue weighted by Gasteiger charge is -2.29. The van der Waals surface area contributed by atoms with Crippen molar-refractivity contribution < 1.29 is 0 Å². The number of nitrogens with zero attached hydrogens (tertiary/aromatic N) is 1. The van der Waals surface area contributed by atoms with Gasteiger partial charge in [0, 0.05) is 10.0 Å². The highest BCUT2D eigenvalue weighted by molar-refractivity contribution is 6.35. The fourth-order valence-electron chi connectivity index (χ4n) is 2.94. The molecule has 0 radical (unpaired) electrons. The zero-order chi connectivity index (χ0) is 13.7. The van der Waals surface area contributed by atoms with Gasteiger partial charge >= 0.3 is 0 Å². The van der Waals surface area contributed by atoms with Gasteiger partial charge in [-0.1, -0.05) is 61.4 Å². The van der Waals surface area contributed by atoms with Gasteiger partial charge in [0.1, 0.15) is 0 Å². The van der Waals surface area contributed by atoms with E-state index in [-0.39, 0.29) is 5.41 Å². The van der Waals surface area contributed by atoms with Gasteiger partial charge in [0.05, 0.1) is 11.5 Å². The zero-order valence-corrected chi connectivity index (χ0v) is 12.6. The molecule has 0 spiro atoms. The van der Waals surface area contributed by atoms with Crippen molar-refractivity contribution in [3.8, 4) is 6.07 Å². The van der Waals surface area contributed by atoms with Gasteiger partial charge in [-0.2, -0.15) is 5.26 Å². The molecule has 19 heavy (non-hydrogen) atoms. The van der Waals surface area contributed by atoms with Gasteiger partial charge in [0.15, 0.2) is 0 Å². The van der Waals surface area contributed by atoms with Gasteiger partial charge in [0.25, 0.3) is 0 Å². The van der Waals surface area contributed by atoms with Crippen LogP contribution in [0.2, 0.25) is 10.0 Å². The number of hydrogen-bond acceptors (Lipinski definition) is 1. The number of benzene rings is 1. The van der Waals surface area contributed by atoms with E-state index in [2.05, 4.69) is 6.07 Å². The van der Waals surface area contributed by atoms with Crippen LogP contribution in [0.4, 0.5) is 0 Å². The summed E-state index contributed by atoms with van der Waals surface area (Å²) in [6.45, 7) is 0. The average molecular weight is 296 g/mol. The highest BCUT2D eigenvalue weighted by Crippen LogP contribution is 2.38. The average Bonchev–Trinajstić information content (AvgIpc) is 2.36. The van der Waals surface area contributed by atoms with E-state index in [4.69, 9.17) is 23.2 Å². The summed E-state index contributed by atoms with van der Waals surface area (Å²) < 4.78 is 0. The molecular formula is C16H19Cl2N. The fraction of sp³-hybridized carbons (Fsp3) is 0.562. The molecule has 1 aromatic carbocycles. The molecule has 0 heterocycles. The molecule has 0 aromatic heterocycles. The van der Waals surface area contributed by atoms with Crippen molar-refractivity contribution in [1.29, 1.82) is 5.26 Å². The maximum Gasteiger partial charge on any atom is 0.0693 e. The fourth-order valence-corrected chi connectivity index (χ4v) is 3.42. The molecule has 1 aliphatic carbocycles. The van der Waals surface area contributed by atoms with Crippen LogP contribution in [0.15, 0.2) is 18.2 Å². The molecule has 0 aliphatic heterocycles. The second-order valence-electron chi connectivity index (χ2n) is 5.57. The normalized spacial score (nSPS) is 19.2. The Hall–Kier alpha value is -0.710. The summed E-state index contributed by atoms with van der Waals surface area (Å²) in [5.41, 5.74) is 0.811. The molecule has 3 heteroatoms. The van der Waals surface area contributed by atoms with E-state index in [1.165, 1.54) is 19.3 Å². The van der Waals surface area contributed by atoms with E-state index in [0.29, 0.717) is 10.0 Å². The van der Waals surface area contributed by atoms with Crippen molar-refractivity contribution in [2.24, 2.45) is 5.41 Å². The second kappa shape index (κ2) is 6.64. The van der Waals surface area contributed by atoms with Gasteiger partial charge in [-0.05, 0) is 37.0 Å². The standard InChI is InChI=1S/C16H19Cl2N/c17-14-7-6-13(15(18)10-14)11-16(12-19)8-4-2-1-3-5-9-16/h6-7,10H,1-5,8-9,11H2. The third-order valence-corrected chi connectivity index (χ3v) is 4.68. The Balaban J connectivity index is 2.19. The van der Waals surface area contributed by atoms with Gasteiger partial charge < -0.3 is 0 Å².